The molecule has 0 unspecified atom stereocenters. The summed E-state index contributed by atoms with van der Waals surface area (Å²) in [5.74, 6) is -0.736. The fourth-order valence-electron chi connectivity index (χ4n) is 2.04. The standard InChI is InChI=1S/C15H31N3O3/c1-4-18(13-9-12-17(2)3)15(21)16-11-8-6-5-7-10-14(19)20/h4-13H2,1-3H3,(H,16,21)(H,19,20). The van der Waals surface area contributed by atoms with Gasteiger partial charge < -0.3 is 20.2 Å². The van der Waals surface area contributed by atoms with Crippen LogP contribution in [0.1, 0.15) is 45.4 Å². The van der Waals surface area contributed by atoms with Gasteiger partial charge in [0.15, 0.2) is 0 Å². The Labute approximate surface area is 128 Å². The first-order valence-corrected chi connectivity index (χ1v) is 7.86. The van der Waals surface area contributed by atoms with E-state index in [2.05, 4.69) is 10.2 Å². The average molecular weight is 301 g/mol. The van der Waals surface area contributed by atoms with Gasteiger partial charge in [0.25, 0.3) is 0 Å². The van der Waals surface area contributed by atoms with Crippen molar-refractivity contribution in [3.8, 4) is 0 Å². The molecule has 6 nitrogen and oxygen atoms in total. The van der Waals surface area contributed by atoms with Crippen molar-refractivity contribution in [1.29, 1.82) is 0 Å². The summed E-state index contributed by atoms with van der Waals surface area (Å²) in [5, 5.41) is 11.4. The molecule has 0 bridgehead atoms. The molecule has 0 saturated heterocycles. The number of unbranched alkanes of at least 4 members (excludes halogenated alkanes) is 3. The minimum Gasteiger partial charge on any atom is -0.481 e. The highest BCUT2D eigenvalue weighted by Crippen LogP contribution is 2.02. The SMILES string of the molecule is CCN(CCCN(C)C)C(=O)NCCCCCCC(=O)O. The van der Waals surface area contributed by atoms with Gasteiger partial charge in [-0.15, -0.1) is 0 Å². The van der Waals surface area contributed by atoms with E-state index in [0.29, 0.717) is 6.54 Å². The molecule has 2 amide bonds. The van der Waals surface area contributed by atoms with E-state index < -0.39 is 5.97 Å². The van der Waals surface area contributed by atoms with E-state index in [4.69, 9.17) is 5.11 Å². The van der Waals surface area contributed by atoms with E-state index in [-0.39, 0.29) is 12.5 Å². The summed E-state index contributed by atoms with van der Waals surface area (Å²) in [6.07, 6.45) is 4.70. The topological polar surface area (TPSA) is 72.9 Å². The van der Waals surface area contributed by atoms with Gasteiger partial charge in [-0.3, -0.25) is 4.79 Å². The third-order valence-corrected chi connectivity index (χ3v) is 3.30. The average Bonchev–Trinajstić information content (AvgIpc) is 2.41. The van der Waals surface area contributed by atoms with E-state index in [0.717, 1.165) is 51.7 Å². The number of amides is 2. The molecule has 0 fully saturated rings. The predicted molar refractivity (Wildman–Crippen MR) is 84.5 cm³/mol. The van der Waals surface area contributed by atoms with Crippen LogP contribution in [0.5, 0.6) is 0 Å². The number of nitrogens with one attached hydrogen (secondary N) is 1. The number of carboxylic acids is 1. The molecule has 21 heavy (non-hydrogen) atoms. The lowest BCUT2D eigenvalue weighted by molar-refractivity contribution is -0.137. The van der Waals surface area contributed by atoms with Crippen molar-refractivity contribution in [2.24, 2.45) is 0 Å². The molecule has 6 heteroatoms. The lowest BCUT2D eigenvalue weighted by Gasteiger charge is -2.22. The second-order valence-electron chi connectivity index (χ2n) is 5.53. The monoisotopic (exact) mass is 301 g/mol. The number of aliphatic carboxylic acids is 1. The van der Waals surface area contributed by atoms with Gasteiger partial charge in [-0.25, -0.2) is 4.79 Å². The molecule has 0 saturated carbocycles. The van der Waals surface area contributed by atoms with Crippen molar-refractivity contribution < 1.29 is 14.7 Å². The number of carboxylic acid groups (broad SMARTS) is 1. The third-order valence-electron chi connectivity index (χ3n) is 3.30. The Kier molecular flexibility index (Phi) is 11.7. The summed E-state index contributed by atoms with van der Waals surface area (Å²) < 4.78 is 0. The molecule has 0 spiro atoms. The summed E-state index contributed by atoms with van der Waals surface area (Å²) in [6, 6.07) is 0.00166. The van der Waals surface area contributed by atoms with Crippen molar-refractivity contribution in [3.05, 3.63) is 0 Å². The molecule has 0 atom stereocenters. The van der Waals surface area contributed by atoms with Crippen LogP contribution in [-0.4, -0.2) is 67.2 Å². The van der Waals surface area contributed by atoms with Crippen LogP contribution in [0.2, 0.25) is 0 Å². The molecule has 0 rings (SSSR count). The van der Waals surface area contributed by atoms with E-state index >= 15 is 0 Å². The highest BCUT2D eigenvalue weighted by atomic mass is 16.4. The molecule has 2 N–H and O–H groups in total. The lowest BCUT2D eigenvalue weighted by Crippen LogP contribution is -2.41. The minimum atomic E-state index is -0.736. The maximum absolute atomic E-state index is 12.0. The Hall–Kier alpha value is -1.30. The number of urea groups is 1. The first-order chi connectivity index (χ1) is 9.97. The number of carbonyl (C=O) groups excluding carboxylic acids is 1. The molecule has 0 aliphatic rings. The molecule has 124 valence electrons. The summed E-state index contributed by atoms with van der Waals surface area (Å²) in [6.45, 7) is 5.13. The van der Waals surface area contributed by atoms with Crippen LogP contribution in [0.15, 0.2) is 0 Å². The fraction of sp³-hybridized carbons (Fsp3) is 0.867. The molecule has 0 radical (unpaired) electrons. The maximum atomic E-state index is 12.0. The van der Waals surface area contributed by atoms with Crippen LogP contribution in [0, 0.1) is 0 Å². The largest absolute Gasteiger partial charge is 0.481 e. The fourth-order valence-corrected chi connectivity index (χ4v) is 2.04. The molecule has 0 aromatic carbocycles. The van der Waals surface area contributed by atoms with Crippen molar-refractivity contribution >= 4 is 12.0 Å². The number of carbonyl (C=O) groups is 2. The normalized spacial score (nSPS) is 10.7. The zero-order valence-corrected chi connectivity index (χ0v) is 13.7. The predicted octanol–water partition coefficient (Wildman–Crippen LogP) is 2.00. The van der Waals surface area contributed by atoms with Gasteiger partial charge in [-0.05, 0) is 46.8 Å². The van der Waals surface area contributed by atoms with Gasteiger partial charge in [-0.1, -0.05) is 12.8 Å². The van der Waals surface area contributed by atoms with E-state index in [9.17, 15) is 9.59 Å². The van der Waals surface area contributed by atoms with Gasteiger partial charge in [0.05, 0.1) is 0 Å². The van der Waals surface area contributed by atoms with Crippen molar-refractivity contribution in [1.82, 2.24) is 15.1 Å². The van der Waals surface area contributed by atoms with Crippen LogP contribution in [-0.2, 0) is 4.79 Å². The molecule has 0 aliphatic carbocycles. The van der Waals surface area contributed by atoms with Gasteiger partial charge in [0, 0.05) is 26.1 Å². The molecule has 0 aromatic heterocycles. The highest BCUT2D eigenvalue weighted by molar-refractivity contribution is 5.74. The van der Waals surface area contributed by atoms with Crippen molar-refractivity contribution in [2.45, 2.75) is 45.4 Å². The molecular weight excluding hydrogens is 270 g/mol. The Morgan fingerprint density at radius 3 is 2.24 bits per heavy atom. The first kappa shape index (κ1) is 19.7. The van der Waals surface area contributed by atoms with Crippen molar-refractivity contribution in [3.63, 3.8) is 0 Å². The lowest BCUT2D eigenvalue weighted by atomic mass is 10.1. The molecular formula is C15H31N3O3. The number of rotatable bonds is 12. The quantitative estimate of drug-likeness (QED) is 0.541. The van der Waals surface area contributed by atoms with Gasteiger partial charge in [-0.2, -0.15) is 0 Å². The molecule has 0 aliphatic heterocycles. The first-order valence-electron chi connectivity index (χ1n) is 7.86. The van der Waals surface area contributed by atoms with Gasteiger partial charge in [0.2, 0.25) is 0 Å². The summed E-state index contributed by atoms with van der Waals surface area (Å²) >= 11 is 0. The van der Waals surface area contributed by atoms with E-state index in [1.807, 2.05) is 25.9 Å². The highest BCUT2D eigenvalue weighted by Gasteiger charge is 2.10. The number of hydrogen-bond acceptors (Lipinski definition) is 3. The van der Waals surface area contributed by atoms with E-state index in [1.165, 1.54) is 0 Å². The van der Waals surface area contributed by atoms with Crippen LogP contribution in [0.3, 0.4) is 0 Å². The second-order valence-corrected chi connectivity index (χ2v) is 5.53. The Morgan fingerprint density at radius 2 is 1.67 bits per heavy atom. The second kappa shape index (κ2) is 12.4. The van der Waals surface area contributed by atoms with Crippen LogP contribution >= 0.6 is 0 Å². The zero-order valence-electron chi connectivity index (χ0n) is 13.7. The molecule has 0 heterocycles. The van der Waals surface area contributed by atoms with Crippen LogP contribution < -0.4 is 5.32 Å². The maximum Gasteiger partial charge on any atom is 0.317 e. The van der Waals surface area contributed by atoms with Crippen LogP contribution in [0.25, 0.3) is 0 Å². The Morgan fingerprint density at radius 1 is 1.00 bits per heavy atom. The number of nitrogens with zero attached hydrogens (tertiary/aromatic N) is 2. The third kappa shape index (κ3) is 12.2. The minimum absolute atomic E-state index is 0.00166. The summed E-state index contributed by atoms with van der Waals surface area (Å²) in [7, 11) is 4.06. The zero-order chi connectivity index (χ0) is 16.1. The Bertz CT molecular complexity index is 296. The summed E-state index contributed by atoms with van der Waals surface area (Å²) in [5.41, 5.74) is 0. The van der Waals surface area contributed by atoms with Crippen molar-refractivity contribution in [2.75, 3.05) is 40.3 Å². The van der Waals surface area contributed by atoms with Crippen LogP contribution in [0.4, 0.5) is 4.79 Å². The smallest absolute Gasteiger partial charge is 0.317 e. The van der Waals surface area contributed by atoms with Gasteiger partial charge >= 0.3 is 12.0 Å². The van der Waals surface area contributed by atoms with E-state index in [1.54, 1.807) is 0 Å². The summed E-state index contributed by atoms with van der Waals surface area (Å²) in [4.78, 5) is 26.2. The number of hydrogen-bond donors (Lipinski definition) is 2. The van der Waals surface area contributed by atoms with Gasteiger partial charge in [0.1, 0.15) is 0 Å². The molecule has 0 aromatic rings. The Balaban J connectivity index is 3.63.